The van der Waals surface area contributed by atoms with Crippen molar-refractivity contribution in [3.8, 4) is 0 Å². The lowest BCUT2D eigenvalue weighted by molar-refractivity contribution is 0.255. The minimum Gasteiger partial charge on any atom is -0.373 e. The molecule has 0 bridgehead atoms. The molecule has 0 saturated carbocycles. The predicted molar refractivity (Wildman–Crippen MR) is 87.3 cm³/mol. The second kappa shape index (κ2) is 6.93. The highest BCUT2D eigenvalue weighted by Crippen LogP contribution is 2.23. The van der Waals surface area contributed by atoms with Crippen molar-refractivity contribution >= 4 is 27.4 Å². The van der Waals surface area contributed by atoms with Crippen molar-refractivity contribution in [3.63, 3.8) is 0 Å². The predicted octanol–water partition coefficient (Wildman–Crippen LogP) is 1.14. The van der Waals surface area contributed by atoms with Crippen LogP contribution in [0.15, 0.2) is 6.07 Å². The molecule has 1 fully saturated rings. The molecule has 21 heavy (non-hydrogen) atoms. The minimum atomic E-state index is -3.08. The maximum absolute atomic E-state index is 12.2. The molecule has 0 radical (unpaired) electrons. The summed E-state index contributed by atoms with van der Waals surface area (Å²) in [7, 11) is -1.27. The Morgan fingerprint density at radius 2 is 2.24 bits per heavy atom. The van der Waals surface area contributed by atoms with E-state index in [9.17, 15) is 8.42 Å². The van der Waals surface area contributed by atoms with Gasteiger partial charge in [-0.1, -0.05) is 6.92 Å². The second-order valence-corrected chi connectivity index (χ2v) is 8.61. The fraction of sp³-hybridized carbons (Fsp3) is 0.692. The molecule has 2 rings (SSSR count). The number of thioether (sulfide) groups is 1. The summed E-state index contributed by atoms with van der Waals surface area (Å²) in [4.78, 5) is 10.8. The summed E-state index contributed by atoms with van der Waals surface area (Å²) in [6.07, 6.45) is 0. The Bertz CT molecular complexity index is 592. The van der Waals surface area contributed by atoms with Gasteiger partial charge in [0.25, 0.3) is 0 Å². The lowest BCUT2D eigenvalue weighted by Gasteiger charge is -2.34. The molecular weight excluding hydrogens is 308 g/mol. The molecular formula is C13H22N4O2S2. The molecule has 0 amide bonds. The first-order valence-electron chi connectivity index (χ1n) is 7.02. The van der Waals surface area contributed by atoms with Crippen molar-refractivity contribution in [3.05, 3.63) is 17.6 Å². The molecule has 1 aromatic rings. The topological polar surface area (TPSA) is 75.2 Å². The van der Waals surface area contributed by atoms with Gasteiger partial charge in [0.05, 0.1) is 6.54 Å². The van der Waals surface area contributed by atoms with Crippen molar-refractivity contribution in [1.29, 1.82) is 0 Å². The third-order valence-electron chi connectivity index (χ3n) is 3.51. The van der Waals surface area contributed by atoms with Crippen molar-refractivity contribution in [2.45, 2.75) is 25.8 Å². The van der Waals surface area contributed by atoms with Crippen LogP contribution in [0.3, 0.4) is 0 Å². The van der Waals surface area contributed by atoms with Gasteiger partial charge in [0.15, 0.2) is 9.84 Å². The number of nitrogens with zero attached hydrogens (tertiary/aromatic N) is 3. The summed E-state index contributed by atoms with van der Waals surface area (Å²) in [5.41, 5.74) is 0.880. The third kappa shape index (κ3) is 4.08. The van der Waals surface area contributed by atoms with Crippen molar-refractivity contribution < 1.29 is 8.42 Å². The zero-order valence-electron chi connectivity index (χ0n) is 12.7. The fourth-order valence-electron chi connectivity index (χ4n) is 2.33. The summed E-state index contributed by atoms with van der Waals surface area (Å²) in [5.74, 6) is 3.17. The van der Waals surface area contributed by atoms with Gasteiger partial charge in [0, 0.05) is 42.6 Å². The quantitative estimate of drug-likeness (QED) is 0.867. The highest BCUT2D eigenvalue weighted by molar-refractivity contribution is 8.01. The first-order valence-corrected chi connectivity index (χ1v) is 9.89. The van der Waals surface area contributed by atoms with E-state index in [1.807, 2.05) is 24.9 Å². The first-order chi connectivity index (χ1) is 9.96. The average Bonchev–Trinajstić information content (AvgIpc) is 2.47. The van der Waals surface area contributed by atoms with Gasteiger partial charge in [0.1, 0.15) is 17.0 Å². The molecule has 0 aromatic carbocycles. The Balaban J connectivity index is 2.21. The van der Waals surface area contributed by atoms with Crippen molar-refractivity contribution in [2.24, 2.45) is 0 Å². The van der Waals surface area contributed by atoms with E-state index in [2.05, 4.69) is 15.3 Å². The van der Waals surface area contributed by atoms with E-state index in [1.54, 1.807) is 18.7 Å². The highest BCUT2D eigenvalue weighted by atomic mass is 32.2. The van der Waals surface area contributed by atoms with Crippen LogP contribution in [-0.4, -0.2) is 59.5 Å². The molecule has 1 aromatic heterocycles. The number of sulfone groups is 1. The second-order valence-electron chi connectivity index (χ2n) is 5.01. The molecule has 1 atom stereocenters. The summed E-state index contributed by atoms with van der Waals surface area (Å²) < 4.78 is 24.5. The number of anilines is 1. The summed E-state index contributed by atoms with van der Waals surface area (Å²) in [6, 6.07) is 1.87. The molecule has 1 saturated heterocycles. The zero-order chi connectivity index (χ0) is 15.5. The van der Waals surface area contributed by atoms with Gasteiger partial charge in [-0.15, -0.1) is 0 Å². The maximum atomic E-state index is 12.2. The fourth-order valence-corrected chi connectivity index (χ4v) is 5.41. The van der Waals surface area contributed by atoms with Gasteiger partial charge < -0.3 is 5.32 Å². The highest BCUT2D eigenvalue weighted by Gasteiger charge is 2.33. The van der Waals surface area contributed by atoms with E-state index >= 15 is 0 Å². The summed E-state index contributed by atoms with van der Waals surface area (Å²) in [5, 5.41) is 2.58. The smallest absolute Gasteiger partial charge is 0.166 e. The Hall–Kier alpha value is -0.860. The van der Waals surface area contributed by atoms with Gasteiger partial charge in [-0.2, -0.15) is 11.8 Å². The van der Waals surface area contributed by atoms with Gasteiger partial charge >= 0.3 is 0 Å². The SMILES string of the molecule is CCS(=O)(=O)C1CSCCN1Cc1nc(C)cc(NC)n1. The lowest BCUT2D eigenvalue weighted by Crippen LogP contribution is -2.47. The molecule has 0 spiro atoms. The van der Waals surface area contributed by atoms with Crippen LogP contribution in [-0.2, 0) is 16.4 Å². The zero-order valence-corrected chi connectivity index (χ0v) is 14.3. The minimum absolute atomic E-state index is 0.172. The van der Waals surface area contributed by atoms with Gasteiger partial charge in [-0.25, -0.2) is 18.4 Å². The van der Waals surface area contributed by atoms with E-state index < -0.39 is 15.2 Å². The van der Waals surface area contributed by atoms with Gasteiger partial charge in [-0.05, 0) is 6.92 Å². The van der Waals surface area contributed by atoms with Crippen LogP contribution in [0, 0.1) is 6.92 Å². The van der Waals surface area contributed by atoms with Crippen LogP contribution in [0.5, 0.6) is 0 Å². The van der Waals surface area contributed by atoms with Crippen LogP contribution in [0.1, 0.15) is 18.4 Å². The number of nitrogens with one attached hydrogen (secondary N) is 1. The average molecular weight is 330 g/mol. The largest absolute Gasteiger partial charge is 0.373 e. The van der Waals surface area contributed by atoms with Gasteiger partial charge in [0.2, 0.25) is 0 Å². The van der Waals surface area contributed by atoms with E-state index in [1.165, 1.54) is 0 Å². The number of aromatic nitrogens is 2. The lowest BCUT2D eigenvalue weighted by atomic mass is 10.4. The summed E-state index contributed by atoms with van der Waals surface area (Å²) >= 11 is 1.70. The Morgan fingerprint density at radius 1 is 1.48 bits per heavy atom. The maximum Gasteiger partial charge on any atom is 0.166 e. The van der Waals surface area contributed by atoms with E-state index in [0.29, 0.717) is 18.1 Å². The molecule has 1 aliphatic rings. The Labute approximate surface area is 130 Å². The van der Waals surface area contributed by atoms with E-state index in [-0.39, 0.29) is 5.75 Å². The van der Waals surface area contributed by atoms with Gasteiger partial charge in [-0.3, -0.25) is 4.90 Å². The number of hydrogen-bond acceptors (Lipinski definition) is 7. The number of hydrogen-bond donors (Lipinski definition) is 1. The van der Waals surface area contributed by atoms with Crippen LogP contribution in [0.2, 0.25) is 0 Å². The molecule has 6 nitrogen and oxygen atoms in total. The third-order valence-corrected chi connectivity index (χ3v) is 6.84. The normalized spacial score (nSPS) is 20.4. The number of aryl methyl sites for hydroxylation is 1. The first kappa shape index (κ1) is 16.5. The molecule has 1 unspecified atom stereocenters. The molecule has 118 valence electrons. The van der Waals surface area contributed by atoms with Crippen LogP contribution in [0.4, 0.5) is 5.82 Å². The van der Waals surface area contributed by atoms with Crippen LogP contribution in [0.25, 0.3) is 0 Å². The monoisotopic (exact) mass is 330 g/mol. The number of rotatable bonds is 5. The van der Waals surface area contributed by atoms with Crippen molar-refractivity contribution in [2.75, 3.05) is 36.2 Å². The van der Waals surface area contributed by atoms with Crippen LogP contribution < -0.4 is 5.32 Å². The Morgan fingerprint density at radius 3 is 2.90 bits per heavy atom. The van der Waals surface area contributed by atoms with Crippen molar-refractivity contribution in [1.82, 2.24) is 14.9 Å². The molecule has 0 aliphatic carbocycles. The molecule has 2 heterocycles. The Kier molecular flexibility index (Phi) is 5.45. The van der Waals surface area contributed by atoms with E-state index in [0.717, 1.165) is 23.8 Å². The molecule has 1 aliphatic heterocycles. The molecule has 1 N–H and O–H groups in total. The molecule has 8 heteroatoms. The van der Waals surface area contributed by atoms with Crippen LogP contribution >= 0.6 is 11.8 Å². The standard InChI is InChI=1S/C13H22N4O2S2/c1-4-21(18,19)13-9-20-6-5-17(13)8-12-15-10(2)7-11(14-3)16-12/h7,13H,4-6,8-9H2,1-3H3,(H,14,15,16). The van der Waals surface area contributed by atoms with E-state index in [4.69, 9.17) is 0 Å². The summed E-state index contributed by atoms with van der Waals surface area (Å²) in [6.45, 7) is 4.84.